The fourth-order valence-corrected chi connectivity index (χ4v) is 2.89. The first-order valence-corrected chi connectivity index (χ1v) is 8.35. The van der Waals surface area contributed by atoms with E-state index in [2.05, 4.69) is 10.3 Å². The van der Waals surface area contributed by atoms with Gasteiger partial charge in [0.15, 0.2) is 0 Å². The highest BCUT2D eigenvalue weighted by Gasteiger charge is 2.17. The van der Waals surface area contributed by atoms with E-state index in [1.54, 1.807) is 42.6 Å². The van der Waals surface area contributed by atoms with Crippen LogP contribution in [0, 0.1) is 0 Å². The summed E-state index contributed by atoms with van der Waals surface area (Å²) in [6.07, 6.45) is 7.63. The average molecular weight is 323 g/mol. The quantitative estimate of drug-likeness (QED) is 0.942. The predicted molar refractivity (Wildman–Crippen MR) is 93.0 cm³/mol. The maximum absolute atomic E-state index is 12.7. The second kappa shape index (κ2) is 7.73. The number of pyridine rings is 1. The van der Waals surface area contributed by atoms with Gasteiger partial charge in [-0.15, -0.1) is 0 Å². The molecule has 3 rings (SSSR count). The molecule has 1 aliphatic rings. The van der Waals surface area contributed by atoms with Crippen molar-refractivity contribution in [2.24, 2.45) is 0 Å². The lowest BCUT2D eigenvalue weighted by atomic mass is 10.1. The molecule has 0 aliphatic carbocycles. The summed E-state index contributed by atoms with van der Waals surface area (Å²) >= 11 is 0. The molecule has 5 nitrogen and oxygen atoms in total. The SMILES string of the molecule is O=C(Nc1cccc(C(=O)N2CCCCCC2)c1)c1cccnc1. The number of hydrogen-bond acceptors (Lipinski definition) is 3. The first-order valence-electron chi connectivity index (χ1n) is 8.35. The van der Waals surface area contributed by atoms with Crippen LogP contribution in [0.1, 0.15) is 46.4 Å². The molecule has 0 atom stereocenters. The lowest BCUT2D eigenvalue weighted by Crippen LogP contribution is -2.31. The standard InChI is InChI=1S/C19H21N3O2/c23-18(16-8-6-10-20-14-16)21-17-9-5-7-15(13-17)19(24)22-11-3-1-2-4-12-22/h5-10,13-14H,1-4,11-12H2,(H,21,23). The highest BCUT2D eigenvalue weighted by molar-refractivity contribution is 6.04. The van der Waals surface area contributed by atoms with Gasteiger partial charge >= 0.3 is 0 Å². The van der Waals surface area contributed by atoms with Crippen LogP contribution in [0.2, 0.25) is 0 Å². The fourth-order valence-electron chi connectivity index (χ4n) is 2.89. The number of aromatic nitrogens is 1. The van der Waals surface area contributed by atoms with Gasteiger partial charge in [-0.05, 0) is 43.2 Å². The van der Waals surface area contributed by atoms with Crippen molar-refractivity contribution in [1.29, 1.82) is 0 Å². The molecule has 2 heterocycles. The van der Waals surface area contributed by atoms with Gasteiger partial charge in [0.05, 0.1) is 5.56 Å². The van der Waals surface area contributed by atoms with Gasteiger partial charge in [-0.25, -0.2) is 0 Å². The van der Waals surface area contributed by atoms with Crippen molar-refractivity contribution in [2.75, 3.05) is 18.4 Å². The molecule has 24 heavy (non-hydrogen) atoms. The minimum atomic E-state index is -0.234. The molecular weight excluding hydrogens is 302 g/mol. The molecule has 1 aromatic heterocycles. The molecule has 1 saturated heterocycles. The van der Waals surface area contributed by atoms with Crippen LogP contribution < -0.4 is 5.32 Å². The lowest BCUT2D eigenvalue weighted by Gasteiger charge is -2.20. The van der Waals surface area contributed by atoms with Crippen molar-refractivity contribution in [3.05, 3.63) is 59.9 Å². The number of benzene rings is 1. The van der Waals surface area contributed by atoms with E-state index in [-0.39, 0.29) is 11.8 Å². The maximum Gasteiger partial charge on any atom is 0.257 e. The maximum atomic E-state index is 12.7. The Labute approximate surface area is 141 Å². The van der Waals surface area contributed by atoms with Crippen molar-refractivity contribution >= 4 is 17.5 Å². The normalized spacial score (nSPS) is 14.8. The third-order valence-corrected chi connectivity index (χ3v) is 4.18. The molecule has 0 radical (unpaired) electrons. The van der Waals surface area contributed by atoms with E-state index >= 15 is 0 Å². The molecule has 0 spiro atoms. The number of hydrogen-bond donors (Lipinski definition) is 1. The van der Waals surface area contributed by atoms with Gasteiger partial charge in [0.25, 0.3) is 11.8 Å². The Hall–Kier alpha value is -2.69. The molecule has 2 amide bonds. The van der Waals surface area contributed by atoms with Gasteiger partial charge < -0.3 is 10.2 Å². The van der Waals surface area contributed by atoms with E-state index < -0.39 is 0 Å². The van der Waals surface area contributed by atoms with Crippen LogP contribution in [0.25, 0.3) is 0 Å². The molecular formula is C19H21N3O2. The van der Waals surface area contributed by atoms with Gasteiger partial charge in [0.2, 0.25) is 0 Å². The van der Waals surface area contributed by atoms with E-state index in [9.17, 15) is 9.59 Å². The highest BCUT2D eigenvalue weighted by Crippen LogP contribution is 2.17. The summed E-state index contributed by atoms with van der Waals surface area (Å²) in [5.74, 6) is -0.197. The lowest BCUT2D eigenvalue weighted by molar-refractivity contribution is 0.0761. The Morgan fingerprint density at radius 3 is 2.42 bits per heavy atom. The average Bonchev–Trinajstić information content (AvgIpc) is 2.91. The summed E-state index contributed by atoms with van der Waals surface area (Å²) in [7, 11) is 0. The number of likely N-dealkylation sites (tertiary alicyclic amines) is 1. The van der Waals surface area contributed by atoms with Crippen LogP contribution in [-0.2, 0) is 0 Å². The van der Waals surface area contributed by atoms with Gasteiger partial charge in [-0.2, -0.15) is 0 Å². The van der Waals surface area contributed by atoms with E-state index in [1.165, 1.54) is 19.0 Å². The first kappa shape index (κ1) is 16.2. The van der Waals surface area contributed by atoms with Crippen molar-refractivity contribution in [3.8, 4) is 0 Å². The largest absolute Gasteiger partial charge is 0.339 e. The van der Waals surface area contributed by atoms with Crippen LogP contribution >= 0.6 is 0 Å². The summed E-state index contributed by atoms with van der Waals surface area (Å²) in [5, 5.41) is 2.82. The summed E-state index contributed by atoms with van der Waals surface area (Å²) < 4.78 is 0. The monoisotopic (exact) mass is 323 g/mol. The van der Waals surface area contributed by atoms with E-state index in [0.717, 1.165) is 25.9 Å². The van der Waals surface area contributed by atoms with Crippen LogP contribution in [0.15, 0.2) is 48.8 Å². The summed E-state index contributed by atoms with van der Waals surface area (Å²) in [6, 6.07) is 10.5. The van der Waals surface area contributed by atoms with Gasteiger partial charge in [-0.1, -0.05) is 18.9 Å². The van der Waals surface area contributed by atoms with Crippen LogP contribution in [-0.4, -0.2) is 34.8 Å². The molecule has 1 fully saturated rings. The van der Waals surface area contributed by atoms with Gasteiger partial charge in [0.1, 0.15) is 0 Å². The van der Waals surface area contributed by atoms with Crippen LogP contribution in [0.5, 0.6) is 0 Å². The third-order valence-electron chi connectivity index (χ3n) is 4.18. The molecule has 0 saturated carbocycles. The Morgan fingerprint density at radius 1 is 0.958 bits per heavy atom. The molecule has 1 N–H and O–H groups in total. The summed E-state index contributed by atoms with van der Waals surface area (Å²) in [5.41, 5.74) is 1.71. The van der Waals surface area contributed by atoms with Crippen molar-refractivity contribution in [2.45, 2.75) is 25.7 Å². The Bertz CT molecular complexity index is 708. The molecule has 5 heteroatoms. The Morgan fingerprint density at radius 2 is 1.71 bits per heavy atom. The van der Waals surface area contributed by atoms with E-state index in [1.807, 2.05) is 4.90 Å². The number of rotatable bonds is 3. The van der Waals surface area contributed by atoms with Crippen molar-refractivity contribution in [1.82, 2.24) is 9.88 Å². The number of nitrogens with one attached hydrogen (secondary N) is 1. The fraction of sp³-hybridized carbons (Fsp3) is 0.316. The number of amides is 2. The van der Waals surface area contributed by atoms with Crippen LogP contribution in [0.3, 0.4) is 0 Å². The molecule has 124 valence electrons. The zero-order chi connectivity index (χ0) is 16.8. The number of carbonyl (C=O) groups is 2. The molecule has 1 aromatic carbocycles. The topological polar surface area (TPSA) is 62.3 Å². The van der Waals surface area contributed by atoms with Gasteiger partial charge in [0, 0.05) is 36.7 Å². The minimum absolute atomic E-state index is 0.0365. The summed E-state index contributed by atoms with van der Waals surface area (Å²) in [4.78, 5) is 30.7. The highest BCUT2D eigenvalue weighted by atomic mass is 16.2. The molecule has 1 aliphatic heterocycles. The Balaban J connectivity index is 1.71. The summed E-state index contributed by atoms with van der Waals surface area (Å²) in [6.45, 7) is 1.62. The number of anilines is 1. The second-order valence-corrected chi connectivity index (χ2v) is 5.98. The molecule has 0 bridgehead atoms. The van der Waals surface area contributed by atoms with E-state index in [4.69, 9.17) is 0 Å². The van der Waals surface area contributed by atoms with Crippen LogP contribution in [0.4, 0.5) is 5.69 Å². The third kappa shape index (κ3) is 3.98. The minimum Gasteiger partial charge on any atom is -0.339 e. The smallest absolute Gasteiger partial charge is 0.257 e. The first-order chi connectivity index (χ1) is 11.7. The van der Waals surface area contributed by atoms with E-state index in [0.29, 0.717) is 16.8 Å². The van der Waals surface area contributed by atoms with Gasteiger partial charge in [-0.3, -0.25) is 14.6 Å². The molecule has 0 unspecified atom stereocenters. The molecule has 2 aromatic rings. The van der Waals surface area contributed by atoms with Crippen molar-refractivity contribution < 1.29 is 9.59 Å². The second-order valence-electron chi connectivity index (χ2n) is 5.98. The zero-order valence-electron chi connectivity index (χ0n) is 13.6. The van der Waals surface area contributed by atoms with Crippen molar-refractivity contribution in [3.63, 3.8) is 0 Å². The Kier molecular flexibility index (Phi) is 5.21. The number of carbonyl (C=O) groups excluding carboxylic acids is 2. The number of nitrogens with zero attached hydrogens (tertiary/aromatic N) is 2. The zero-order valence-corrected chi connectivity index (χ0v) is 13.6. The predicted octanol–water partition coefficient (Wildman–Crippen LogP) is 3.35.